The highest BCUT2D eigenvalue weighted by atomic mass is 16.5. The first-order valence-electron chi connectivity index (χ1n) is 20.3. The number of carbonyl (C=O) groups excluding carboxylic acids is 3. The van der Waals surface area contributed by atoms with Crippen molar-refractivity contribution in [2.24, 2.45) is 0 Å². The van der Waals surface area contributed by atoms with Gasteiger partial charge in [0, 0.05) is 32.4 Å². The van der Waals surface area contributed by atoms with Crippen molar-refractivity contribution in [1.82, 2.24) is 9.80 Å². The minimum atomic E-state index is -0.158. The van der Waals surface area contributed by atoms with Crippen LogP contribution in [-0.4, -0.2) is 73.6 Å². The minimum absolute atomic E-state index is 0.108. The molecule has 7 heteroatoms. The summed E-state index contributed by atoms with van der Waals surface area (Å²) >= 11 is 0. The Bertz CT molecular complexity index is 800. The third kappa shape index (κ3) is 32.8. The van der Waals surface area contributed by atoms with Gasteiger partial charge in [-0.3, -0.25) is 14.4 Å². The third-order valence-corrected chi connectivity index (χ3v) is 8.86. The molecular formula is C42H78N2O5. The van der Waals surface area contributed by atoms with Crippen LogP contribution < -0.4 is 0 Å². The predicted molar refractivity (Wildman–Crippen MR) is 207 cm³/mol. The van der Waals surface area contributed by atoms with Crippen molar-refractivity contribution in [1.29, 1.82) is 0 Å². The quantitative estimate of drug-likeness (QED) is 0.0380. The Balaban J connectivity index is 4.21. The van der Waals surface area contributed by atoms with E-state index in [1.807, 2.05) is 40.1 Å². The Labute approximate surface area is 303 Å². The van der Waals surface area contributed by atoms with E-state index in [0.717, 1.165) is 103 Å². The van der Waals surface area contributed by atoms with Crippen LogP contribution >= 0.6 is 0 Å². The van der Waals surface area contributed by atoms with Gasteiger partial charge in [-0.15, -0.1) is 0 Å². The molecule has 0 aromatic heterocycles. The van der Waals surface area contributed by atoms with Gasteiger partial charge >= 0.3 is 11.9 Å². The number of carbonyl (C=O) groups is 3. The number of ether oxygens (including phenoxy) is 2. The van der Waals surface area contributed by atoms with Gasteiger partial charge in [-0.25, -0.2) is 0 Å². The second kappa shape index (κ2) is 34.3. The molecule has 0 saturated heterocycles. The van der Waals surface area contributed by atoms with E-state index in [9.17, 15) is 14.4 Å². The van der Waals surface area contributed by atoms with Gasteiger partial charge in [0.15, 0.2) is 0 Å². The van der Waals surface area contributed by atoms with E-state index < -0.39 is 0 Å². The topological polar surface area (TPSA) is 76.1 Å². The van der Waals surface area contributed by atoms with Gasteiger partial charge in [-0.2, -0.15) is 0 Å². The van der Waals surface area contributed by atoms with Crippen LogP contribution in [0.25, 0.3) is 0 Å². The average Bonchev–Trinajstić information content (AvgIpc) is 3.05. The molecule has 1 amide bonds. The molecule has 0 N–H and O–H groups in total. The summed E-state index contributed by atoms with van der Waals surface area (Å²) in [5.41, 5.74) is 0. The lowest BCUT2D eigenvalue weighted by Gasteiger charge is -2.23. The average molecular weight is 691 g/mol. The summed E-state index contributed by atoms with van der Waals surface area (Å²) in [5, 5.41) is 0. The number of unbranched alkanes of at least 4 members (excludes halogenated alkanes) is 16. The Morgan fingerprint density at radius 3 is 1.35 bits per heavy atom. The molecule has 0 rings (SSSR count). The van der Waals surface area contributed by atoms with Gasteiger partial charge in [0.25, 0.3) is 0 Å². The normalized spacial score (nSPS) is 13.0. The second-order valence-electron chi connectivity index (χ2n) is 14.3. The fourth-order valence-corrected chi connectivity index (χ4v) is 5.84. The number of allylic oxidation sites excluding steroid dienone is 2. The van der Waals surface area contributed by atoms with Gasteiger partial charge < -0.3 is 19.3 Å². The number of rotatable bonds is 34. The molecule has 286 valence electrons. The van der Waals surface area contributed by atoms with E-state index in [2.05, 4.69) is 35.8 Å². The van der Waals surface area contributed by atoms with E-state index in [1.165, 1.54) is 51.4 Å². The van der Waals surface area contributed by atoms with Crippen LogP contribution in [0.3, 0.4) is 0 Å². The molecule has 2 atom stereocenters. The van der Waals surface area contributed by atoms with Crippen molar-refractivity contribution in [2.45, 2.75) is 194 Å². The molecule has 0 saturated carbocycles. The highest BCUT2D eigenvalue weighted by Gasteiger charge is 2.13. The number of esters is 2. The first-order chi connectivity index (χ1) is 23.7. The monoisotopic (exact) mass is 691 g/mol. The Morgan fingerprint density at radius 1 is 0.510 bits per heavy atom. The molecule has 0 aliphatic carbocycles. The van der Waals surface area contributed by atoms with Crippen LogP contribution in [0.2, 0.25) is 0 Å². The van der Waals surface area contributed by atoms with Gasteiger partial charge in [-0.1, -0.05) is 103 Å². The van der Waals surface area contributed by atoms with Crippen LogP contribution in [0.4, 0.5) is 0 Å². The molecule has 0 spiro atoms. The maximum absolute atomic E-state index is 13.0. The van der Waals surface area contributed by atoms with E-state index in [-0.39, 0.29) is 30.1 Å². The zero-order valence-corrected chi connectivity index (χ0v) is 33.0. The van der Waals surface area contributed by atoms with E-state index in [4.69, 9.17) is 9.47 Å². The highest BCUT2D eigenvalue weighted by Crippen LogP contribution is 2.13. The summed E-state index contributed by atoms with van der Waals surface area (Å²) in [5.74, 6) is 0.0485. The number of nitrogens with zero attached hydrogens (tertiary/aromatic N) is 2. The second-order valence-corrected chi connectivity index (χ2v) is 14.3. The predicted octanol–water partition coefficient (Wildman–Crippen LogP) is 10.8. The molecular weight excluding hydrogens is 612 g/mol. The molecule has 0 heterocycles. The first kappa shape index (κ1) is 46.9. The summed E-state index contributed by atoms with van der Waals surface area (Å²) in [6, 6.07) is 0. The van der Waals surface area contributed by atoms with Crippen molar-refractivity contribution in [3.05, 3.63) is 24.3 Å². The van der Waals surface area contributed by atoms with Crippen LogP contribution in [0, 0.1) is 0 Å². The lowest BCUT2D eigenvalue weighted by molar-refractivity contribution is -0.147. The Hall–Kier alpha value is -2.15. The molecule has 0 aromatic rings. The van der Waals surface area contributed by atoms with E-state index in [1.54, 1.807) is 0 Å². The number of amides is 1. The van der Waals surface area contributed by atoms with Gasteiger partial charge in [0.1, 0.15) is 12.2 Å². The molecule has 2 unspecified atom stereocenters. The lowest BCUT2D eigenvalue weighted by Crippen LogP contribution is -2.33. The van der Waals surface area contributed by atoms with Crippen LogP contribution in [0.1, 0.15) is 182 Å². The summed E-state index contributed by atoms with van der Waals surface area (Å²) < 4.78 is 11.1. The van der Waals surface area contributed by atoms with Crippen molar-refractivity contribution >= 4 is 17.8 Å². The molecule has 0 radical (unpaired) electrons. The van der Waals surface area contributed by atoms with Gasteiger partial charge in [0.2, 0.25) is 5.91 Å². The third-order valence-electron chi connectivity index (χ3n) is 8.86. The Kier molecular flexibility index (Phi) is 32.8. The van der Waals surface area contributed by atoms with Crippen molar-refractivity contribution in [3.63, 3.8) is 0 Å². The van der Waals surface area contributed by atoms with Crippen molar-refractivity contribution < 1.29 is 23.9 Å². The summed E-state index contributed by atoms with van der Waals surface area (Å²) in [7, 11) is 4.09. The summed E-state index contributed by atoms with van der Waals surface area (Å²) in [4.78, 5) is 41.6. The molecule has 0 aliphatic rings. The Morgan fingerprint density at radius 2 is 0.918 bits per heavy atom. The molecule has 7 nitrogen and oxygen atoms in total. The standard InChI is InChI=1S/C42H78N2O5/c1-7-9-11-13-17-23-30-38(3)48-41(46)33-25-19-15-21-27-36-44(40(45)32-29-35-43(5)6)37-28-22-16-20-26-34-42(47)49-39(4)31-24-18-14-12-10-8-2/h23-24,30-31,38-39H,7-22,25-29,32-37H2,1-6H3/b30-23-,31-24-. The van der Waals surface area contributed by atoms with Crippen LogP contribution in [-0.2, 0) is 23.9 Å². The number of hydrogen-bond acceptors (Lipinski definition) is 6. The molecule has 49 heavy (non-hydrogen) atoms. The van der Waals surface area contributed by atoms with Crippen molar-refractivity contribution in [2.75, 3.05) is 33.7 Å². The largest absolute Gasteiger partial charge is 0.458 e. The SMILES string of the molecule is CCCCCC/C=C\C(C)OC(=O)CCCCCCCN(CCCCCCCC(=O)OC(C)/C=C\CCCCCC)C(=O)CCCN(C)C. The zero-order valence-electron chi connectivity index (χ0n) is 33.0. The summed E-state index contributed by atoms with van der Waals surface area (Å²) in [6.45, 7) is 10.8. The van der Waals surface area contributed by atoms with Crippen LogP contribution in [0.15, 0.2) is 24.3 Å². The van der Waals surface area contributed by atoms with Crippen molar-refractivity contribution in [3.8, 4) is 0 Å². The van der Waals surface area contributed by atoms with Gasteiger partial charge in [0.05, 0.1) is 0 Å². The first-order valence-corrected chi connectivity index (χ1v) is 20.3. The fraction of sp³-hybridized carbons (Fsp3) is 0.833. The van der Waals surface area contributed by atoms with Crippen LogP contribution in [0.5, 0.6) is 0 Å². The van der Waals surface area contributed by atoms with E-state index in [0.29, 0.717) is 19.3 Å². The maximum Gasteiger partial charge on any atom is 0.306 e. The maximum atomic E-state index is 13.0. The minimum Gasteiger partial charge on any atom is -0.458 e. The molecule has 0 aliphatic heterocycles. The molecule has 0 aromatic carbocycles. The zero-order chi connectivity index (χ0) is 36.4. The smallest absolute Gasteiger partial charge is 0.306 e. The molecule has 0 bridgehead atoms. The fourth-order valence-electron chi connectivity index (χ4n) is 5.84. The summed E-state index contributed by atoms with van der Waals surface area (Å²) in [6.07, 6.45) is 32.5. The number of hydrogen-bond donors (Lipinski definition) is 0. The van der Waals surface area contributed by atoms with Gasteiger partial charge in [-0.05, 0) is 104 Å². The van der Waals surface area contributed by atoms with E-state index >= 15 is 0 Å². The molecule has 0 fully saturated rings. The lowest BCUT2D eigenvalue weighted by atomic mass is 10.1. The highest BCUT2D eigenvalue weighted by molar-refractivity contribution is 5.76.